The van der Waals surface area contributed by atoms with E-state index in [4.69, 9.17) is 37.0 Å². The molecule has 0 saturated carbocycles. The number of carbonyl (C=O) groups is 4. The van der Waals surface area contributed by atoms with E-state index in [0.29, 0.717) is 25.7 Å². The number of hydrogen-bond donors (Lipinski definition) is 3. The molecule has 17 nitrogen and oxygen atoms in total. The number of hydrogen-bond acceptors (Lipinski definition) is 15. The largest absolute Gasteiger partial charge is 0.472 e. The summed E-state index contributed by atoms with van der Waals surface area (Å²) in [5.74, 6) is -2.22. The lowest BCUT2D eigenvalue weighted by Crippen LogP contribution is -2.30. The molecule has 0 fully saturated rings. The fourth-order valence-corrected chi connectivity index (χ4v) is 12.0. The first-order valence-electron chi connectivity index (χ1n) is 39.5. The van der Waals surface area contributed by atoms with Crippen molar-refractivity contribution in [2.45, 2.75) is 354 Å². The van der Waals surface area contributed by atoms with Crippen LogP contribution in [0.5, 0.6) is 0 Å². The zero-order chi connectivity index (χ0) is 73.2. The third-order valence-corrected chi connectivity index (χ3v) is 18.4. The second-order valence-corrected chi connectivity index (χ2v) is 29.2. The SMILES string of the molecule is CCCCC/C=C\C/C=C\CCCCCCCC(=O)OC[C@H](COP(=O)(O)OCC(O)COP(=O)(O)OC[C@H](COC(=O)CCCCCCC/C=C\C/C=C\CCCCC)OC(=O)CCCCCCC/C=C\C/C=C\CCCCC)OC(=O)CCCCCCC/C=C\C/C=C\CCCCC. The maximum absolute atomic E-state index is 13.1. The van der Waals surface area contributed by atoms with E-state index in [1.54, 1.807) is 0 Å². The zero-order valence-electron chi connectivity index (χ0n) is 63.1. The monoisotopic (exact) mass is 1450 g/mol. The van der Waals surface area contributed by atoms with Crippen LogP contribution in [0.1, 0.15) is 336 Å². The smallest absolute Gasteiger partial charge is 0.462 e. The standard InChI is InChI=1S/C81H142O17P2/c1-5-9-13-17-21-25-29-33-37-41-45-49-53-57-61-65-78(83)91-71-76(97-80(85)67-63-59-55-51-47-43-39-35-31-27-23-19-15-11-7-3)73-95-99(87,88)93-69-75(82)70-94-100(89,90)96-74-77(98-81(86)68-64-60-56-52-48-44-40-36-32-28-24-20-16-12-8-4)72-92-79(84)66-62-58-54-50-46-42-38-34-30-26-22-18-14-10-6-2/h21-28,33-40,75-77,82H,5-20,29-32,41-74H2,1-4H3,(H,87,88)(H,89,90)/b25-21-,26-22-,27-23-,28-24-,37-33-,38-34-,39-35-,40-36-/t75?,76-,77+. The minimum Gasteiger partial charge on any atom is -0.462 e. The van der Waals surface area contributed by atoms with Crippen molar-refractivity contribution in [3.63, 3.8) is 0 Å². The highest BCUT2D eigenvalue weighted by molar-refractivity contribution is 7.47. The number of ether oxygens (including phenoxy) is 4. The molecule has 0 rings (SSSR count). The van der Waals surface area contributed by atoms with E-state index in [9.17, 15) is 43.2 Å². The van der Waals surface area contributed by atoms with Crippen molar-refractivity contribution in [1.29, 1.82) is 0 Å². The Morgan fingerprint density at radius 1 is 0.280 bits per heavy atom. The van der Waals surface area contributed by atoms with Crippen molar-refractivity contribution in [2.24, 2.45) is 0 Å². The van der Waals surface area contributed by atoms with E-state index in [1.165, 1.54) is 77.0 Å². The Kier molecular flexibility index (Phi) is 70.4. The zero-order valence-corrected chi connectivity index (χ0v) is 64.9. The number of carbonyl (C=O) groups excluding carboxylic acids is 4. The van der Waals surface area contributed by atoms with Gasteiger partial charge in [-0.3, -0.25) is 37.3 Å². The number of aliphatic hydroxyl groups excluding tert-OH is 1. The molecule has 3 unspecified atom stereocenters. The van der Waals surface area contributed by atoms with Crippen LogP contribution < -0.4 is 0 Å². The molecular weight excluding hydrogens is 1310 g/mol. The van der Waals surface area contributed by atoms with Crippen LogP contribution >= 0.6 is 15.6 Å². The van der Waals surface area contributed by atoms with E-state index in [1.807, 2.05) is 0 Å². The van der Waals surface area contributed by atoms with Gasteiger partial charge in [-0.05, 0) is 154 Å². The topological polar surface area (TPSA) is 237 Å². The van der Waals surface area contributed by atoms with Crippen LogP contribution in [0.4, 0.5) is 0 Å². The predicted octanol–water partition coefficient (Wildman–Crippen LogP) is 22.8. The molecule has 0 aromatic carbocycles. The summed E-state index contributed by atoms with van der Waals surface area (Å²) < 4.78 is 68.5. The van der Waals surface area contributed by atoms with Crippen LogP contribution in [0, 0.1) is 0 Å². The minimum atomic E-state index is -4.98. The number of phosphoric ester groups is 2. The molecule has 0 aliphatic heterocycles. The molecule has 0 aliphatic rings. The summed E-state index contributed by atoms with van der Waals surface area (Å²) in [7, 11) is -9.97. The van der Waals surface area contributed by atoms with E-state index in [-0.39, 0.29) is 25.7 Å². The molecule has 19 heteroatoms. The highest BCUT2D eigenvalue weighted by Crippen LogP contribution is 2.45. The lowest BCUT2D eigenvalue weighted by molar-refractivity contribution is -0.161. The normalized spacial score (nSPS) is 14.4. The van der Waals surface area contributed by atoms with Gasteiger partial charge in [-0.15, -0.1) is 0 Å². The summed E-state index contributed by atoms with van der Waals surface area (Å²) in [5.41, 5.74) is 0. The molecule has 0 bridgehead atoms. The van der Waals surface area contributed by atoms with Crippen LogP contribution in [-0.2, 0) is 65.4 Å². The molecule has 0 aromatic heterocycles. The minimum absolute atomic E-state index is 0.0756. The number of allylic oxidation sites excluding steroid dienone is 16. The van der Waals surface area contributed by atoms with Crippen molar-refractivity contribution in [3.05, 3.63) is 97.2 Å². The molecule has 0 aliphatic carbocycles. The average molecular weight is 1450 g/mol. The average Bonchev–Trinajstić information content (AvgIpc) is 1.01. The Morgan fingerprint density at radius 2 is 0.490 bits per heavy atom. The second kappa shape index (κ2) is 73.3. The first-order valence-corrected chi connectivity index (χ1v) is 42.5. The van der Waals surface area contributed by atoms with Gasteiger partial charge in [0, 0.05) is 25.7 Å². The first kappa shape index (κ1) is 96.0. The van der Waals surface area contributed by atoms with Crippen LogP contribution in [0.2, 0.25) is 0 Å². The van der Waals surface area contributed by atoms with Crippen molar-refractivity contribution in [3.8, 4) is 0 Å². The van der Waals surface area contributed by atoms with E-state index < -0.39 is 97.5 Å². The van der Waals surface area contributed by atoms with Gasteiger partial charge in [-0.2, -0.15) is 0 Å². The van der Waals surface area contributed by atoms with E-state index in [2.05, 4.69) is 125 Å². The fourth-order valence-electron chi connectivity index (χ4n) is 10.4. The molecule has 0 saturated heterocycles. The summed E-state index contributed by atoms with van der Waals surface area (Å²) >= 11 is 0. The molecule has 578 valence electrons. The summed E-state index contributed by atoms with van der Waals surface area (Å²) in [5, 5.41) is 10.6. The highest BCUT2D eigenvalue weighted by Gasteiger charge is 2.30. The molecule has 100 heavy (non-hydrogen) atoms. The van der Waals surface area contributed by atoms with Gasteiger partial charge >= 0.3 is 39.5 Å². The van der Waals surface area contributed by atoms with Crippen molar-refractivity contribution >= 4 is 39.5 Å². The van der Waals surface area contributed by atoms with Gasteiger partial charge < -0.3 is 33.8 Å². The molecule has 0 radical (unpaired) electrons. The number of esters is 4. The van der Waals surface area contributed by atoms with Crippen molar-refractivity contribution in [1.82, 2.24) is 0 Å². The number of rotatable bonds is 74. The summed E-state index contributed by atoms with van der Waals surface area (Å²) in [6.45, 7) is 4.74. The fraction of sp³-hybridized carbons (Fsp3) is 0.753. The Morgan fingerprint density at radius 3 is 0.740 bits per heavy atom. The van der Waals surface area contributed by atoms with E-state index >= 15 is 0 Å². The van der Waals surface area contributed by atoms with Gasteiger partial charge in [-0.1, -0.05) is 253 Å². The predicted molar refractivity (Wildman–Crippen MR) is 409 cm³/mol. The van der Waals surface area contributed by atoms with E-state index in [0.717, 1.165) is 180 Å². The van der Waals surface area contributed by atoms with Crippen LogP contribution in [-0.4, -0.2) is 96.7 Å². The molecule has 0 aromatic rings. The van der Waals surface area contributed by atoms with Gasteiger partial charge in [0.05, 0.1) is 26.4 Å². The maximum Gasteiger partial charge on any atom is 0.472 e. The van der Waals surface area contributed by atoms with Crippen LogP contribution in [0.3, 0.4) is 0 Å². The number of phosphoric acid groups is 2. The van der Waals surface area contributed by atoms with Crippen molar-refractivity contribution < 1.29 is 80.2 Å². The highest BCUT2D eigenvalue weighted by atomic mass is 31.2. The van der Waals surface area contributed by atoms with Gasteiger partial charge in [-0.25, -0.2) is 9.13 Å². The summed E-state index contributed by atoms with van der Waals surface area (Å²) in [6, 6.07) is 0. The van der Waals surface area contributed by atoms with Crippen LogP contribution in [0.15, 0.2) is 97.2 Å². The first-order chi connectivity index (χ1) is 48.7. The molecule has 3 N–H and O–H groups in total. The van der Waals surface area contributed by atoms with Gasteiger partial charge in [0.25, 0.3) is 0 Å². The van der Waals surface area contributed by atoms with Gasteiger partial charge in [0.1, 0.15) is 19.3 Å². The Hall–Kier alpha value is -4.02. The Balaban J connectivity index is 5.40. The summed E-state index contributed by atoms with van der Waals surface area (Å²) in [4.78, 5) is 72.9. The molecular formula is C81H142O17P2. The summed E-state index contributed by atoms with van der Waals surface area (Å²) in [6.07, 6.45) is 76.6. The third-order valence-electron chi connectivity index (χ3n) is 16.5. The lowest BCUT2D eigenvalue weighted by Gasteiger charge is -2.21. The van der Waals surface area contributed by atoms with Crippen LogP contribution in [0.25, 0.3) is 0 Å². The Labute approximate surface area is 607 Å². The lowest BCUT2D eigenvalue weighted by atomic mass is 10.1. The Bertz CT molecular complexity index is 2120. The number of unbranched alkanes of at least 4 members (excludes halogenated alkanes) is 32. The molecule has 0 spiro atoms. The molecule has 5 atom stereocenters. The molecule has 0 heterocycles. The van der Waals surface area contributed by atoms with Gasteiger partial charge in [0.15, 0.2) is 12.2 Å². The maximum atomic E-state index is 13.1. The second-order valence-electron chi connectivity index (χ2n) is 26.3. The number of aliphatic hydroxyl groups is 1. The molecule has 0 amide bonds. The quantitative estimate of drug-likeness (QED) is 0.0169. The van der Waals surface area contributed by atoms with Gasteiger partial charge in [0.2, 0.25) is 0 Å². The third kappa shape index (κ3) is 72.3. The van der Waals surface area contributed by atoms with Crippen molar-refractivity contribution in [2.75, 3.05) is 39.6 Å².